The average Bonchev–Trinajstić information content (AvgIpc) is 3.10. The maximum absolute atomic E-state index is 11.8. The fourth-order valence-corrected chi connectivity index (χ4v) is 3.85. The third kappa shape index (κ3) is 1.58. The molecule has 21 heavy (non-hydrogen) atoms. The molecule has 5 rings (SSSR count). The van der Waals surface area contributed by atoms with E-state index in [1.807, 2.05) is 0 Å². The highest BCUT2D eigenvalue weighted by Gasteiger charge is 2.39. The summed E-state index contributed by atoms with van der Waals surface area (Å²) in [6, 6.07) is 4.46. The summed E-state index contributed by atoms with van der Waals surface area (Å²) < 4.78 is 16.2. The zero-order valence-electron chi connectivity index (χ0n) is 11.6. The molecule has 0 aromatic heterocycles. The fraction of sp³-hybridized carbons (Fsp3) is 0.438. The Morgan fingerprint density at radius 2 is 2.00 bits per heavy atom. The summed E-state index contributed by atoms with van der Waals surface area (Å²) in [7, 11) is 0. The molecular weight excluding hydrogens is 270 g/mol. The Morgan fingerprint density at radius 1 is 1.14 bits per heavy atom. The van der Waals surface area contributed by atoms with Crippen LogP contribution in [0.2, 0.25) is 0 Å². The number of carbonyl (C=O) groups excluding carboxylic acids is 1. The molecule has 0 bridgehead atoms. The summed E-state index contributed by atoms with van der Waals surface area (Å²) in [5.74, 6) is 1.54. The molecule has 4 heterocycles. The molecule has 0 saturated heterocycles. The predicted octanol–water partition coefficient (Wildman–Crippen LogP) is 1.57. The number of carbonyl (C=O) groups is 1. The Balaban J connectivity index is 1.58. The number of cyclic esters (lactones) is 1. The quantitative estimate of drug-likeness (QED) is 0.677. The van der Waals surface area contributed by atoms with Gasteiger partial charge in [-0.05, 0) is 41.7 Å². The Bertz CT molecular complexity index is 694. The molecule has 1 aromatic rings. The lowest BCUT2D eigenvalue weighted by Crippen LogP contribution is -2.40. The van der Waals surface area contributed by atoms with Crippen LogP contribution in [0.4, 0.5) is 0 Å². The molecule has 4 aliphatic rings. The summed E-state index contributed by atoms with van der Waals surface area (Å²) in [6.07, 6.45) is 1.76. The van der Waals surface area contributed by atoms with Crippen LogP contribution in [-0.2, 0) is 16.0 Å². The van der Waals surface area contributed by atoms with Crippen molar-refractivity contribution in [2.45, 2.75) is 18.9 Å². The second-order valence-corrected chi connectivity index (χ2v) is 6.00. The van der Waals surface area contributed by atoms with Crippen molar-refractivity contribution >= 4 is 5.97 Å². The van der Waals surface area contributed by atoms with E-state index in [0.29, 0.717) is 13.4 Å². The topological polar surface area (TPSA) is 48.0 Å². The summed E-state index contributed by atoms with van der Waals surface area (Å²) in [4.78, 5) is 14.3. The fourth-order valence-electron chi connectivity index (χ4n) is 3.85. The van der Waals surface area contributed by atoms with Crippen LogP contribution in [0.25, 0.3) is 0 Å². The molecule has 0 spiro atoms. The molecule has 0 amide bonds. The van der Waals surface area contributed by atoms with Gasteiger partial charge in [0.05, 0.1) is 0 Å². The number of benzene rings is 1. The number of rotatable bonds is 0. The number of hydrogen-bond donors (Lipinski definition) is 0. The monoisotopic (exact) mass is 285 g/mol. The minimum Gasteiger partial charge on any atom is -0.458 e. The molecule has 0 aliphatic carbocycles. The number of fused-ring (bicyclic) bond motifs is 4. The molecule has 4 aliphatic heterocycles. The van der Waals surface area contributed by atoms with Crippen molar-refractivity contribution in [3.8, 4) is 11.5 Å². The molecule has 5 heteroatoms. The van der Waals surface area contributed by atoms with Gasteiger partial charge in [0.2, 0.25) is 6.79 Å². The normalized spacial score (nSPS) is 26.3. The van der Waals surface area contributed by atoms with Gasteiger partial charge < -0.3 is 14.2 Å². The highest BCUT2D eigenvalue weighted by molar-refractivity contribution is 5.92. The summed E-state index contributed by atoms with van der Waals surface area (Å²) in [5, 5.41) is 0. The van der Waals surface area contributed by atoms with E-state index < -0.39 is 0 Å². The first-order chi connectivity index (χ1) is 10.3. The molecule has 1 atom stereocenters. The van der Waals surface area contributed by atoms with Gasteiger partial charge in [-0.3, -0.25) is 4.90 Å². The van der Waals surface area contributed by atoms with Crippen LogP contribution in [0.5, 0.6) is 11.5 Å². The Morgan fingerprint density at radius 3 is 2.90 bits per heavy atom. The van der Waals surface area contributed by atoms with E-state index in [0.717, 1.165) is 43.0 Å². The van der Waals surface area contributed by atoms with Gasteiger partial charge in [0, 0.05) is 24.7 Å². The van der Waals surface area contributed by atoms with Crippen LogP contribution in [0.1, 0.15) is 23.6 Å². The molecule has 1 aromatic carbocycles. The van der Waals surface area contributed by atoms with Gasteiger partial charge in [0.1, 0.15) is 6.61 Å². The highest BCUT2D eigenvalue weighted by Crippen LogP contribution is 2.45. The van der Waals surface area contributed by atoms with Crippen molar-refractivity contribution in [3.05, 3.63) is 34.4 Å². The first-order valence-corrected chi connectivity index (χ1v) is 7.34. The van der Waals surface area contributed by atoms with E-state index in [-0.39, 0.29) is 12.0 Å². The van der Waals surface area contributed by atoms with Gasteiger partial charge in [-0.25, -0.2) is 4.79 Å². The smallest absolute Gasteiger partial charge is 0.334 e. The SMILES string of the molecule is O=C1OCC2=C1CC1c3cc4c(cc3CCN1C2)OCO4. The number of nitrogens with zero attached hydrogens (tertiary/aromatic N) is 1. The van der Waals surface area contributed by atoms with Crippen LogP contribution < -0.4 is 9.47 Å². The van der Waals surface area contributed by atoms with E-state index >= 15 is 0 Å². The van der Waals surface area contributed by atoms with Gasteiger partial charge in [0.15, 0.2) is 11.5 Å². The molecule has 5 nitrogen and oxygen atoms in total. The van der Waals surface area contributed by atoms with Crippen molar-refractivity contribution in [2.24, 2.45) is 0 Å². The minimum atomic E-state index is -0.127. The van der Waals surface area contributed by atoms with E-state index in [2.05, 4.69) is 17.0 Å². The van der Waals surface area contributed by atoms with Gasteiger partial charge in [0.25, 0.3) is 0 Å². The number of esters is 1. The van der Waals surface area contributed by atoms with Gasteiger partial charge in [-0.15, -0.1) is 0 Å². The van der Waals surface area contributed by atoms with Gasteiger partial charge in [-0.2, -0.15) is 0 Å². The van der Waals surface area contributed by atoms with Gasteiger partial charge >= 0.3 is 5.97 Å². The lowest BCUT2D eigenvalue weighted by atomic mass is 9.84. The molecule has 0 saturated carbocycles. The van der Waals surface area contributed by atoms with Gasteiger partial charge in [-0.1, -0.05) is 0 Å². The summed E-state index contributed by atoms with van der Waals surface area (Å²) in [5.41, 5.74) is 4.65. The first-order valence-electron chi connectivity index (χ1n) is 7.34. The second kappa shape index (κ2) is 4.01. The van der Waals surface area contributed by atoms with E-state index in [1.54, 1.807) is 0 Å². The minimum absolute atomic E-state index is 0.127. The standard InChI is InChI=1S/C16H15NO4/c18-16-12-4-13-11-5-15-14(20-8-21-15)3-9(11)1-2-17(13)6-10(12)7-19-16/h3,5,13H,1-2,4,6-8H2. The molecule has 0 N–H and O–H groups in total. The Labute approximate surface area is 122 Å². The van der Waals surface area contributed by atoms with Crippen LogP contribution in [0.15, 0.2) is 23.3 Å². The van der Waals surface area contributed by atoms with Crippen LogP contribution >= 0.6 is 0 Å². The predicted molar refractivity (Wildman–Crippen MR) is 73.2 cm³/mol. The zero-order valence-corrected chi connectivity index (χ0v) is 11.6. The lowest BCUT2D eigenvalue weighted by molar-refractivity contribution is -0.136. The summed E-state index contributed by atoms with van der Waals surface area (Å²) >= 11 is 0. The van der Waals surface area contributed by atoms with Crippen molar-refractivity contribution in [3.63, 3.8) is 0 Å². The highest BCUT2D eigenvalue weighted by atomic mass is 16.7. The van der Waals surface area contributed by atoms with Crippen molar-refractivity contribution in [1.29, 1.82) is 0 Å². The van der Waals surface area contributed by atoms with E-state index in [1.165, 1.54) is 16.7 Å². The Kier molecular flexibility index (Phi) is 2.22. The van der Waals surface area contributed by atoms with E-state index in [4.69, 9.17) is 14.2 Å². The average molecular weight is 285 g/mol. The molecule has 0 radical (unpaired) electrons. The largest absolute Gasteiger partial charge is 0.458 e. The van der Waals surface area contributed by atoms with Crippen molar-refractivity contribution in [1.82, 2.24) is 4.90 Å². The third-order valence-electron chi connectivity index (χ3n) is 4.94. The zero-order chi connectivity index (χ0) is 14.0. The maximum atomic E-state index is 11.8. The second-order valence-electron chi connectivity index (χ2n) is 6.00. The maximum Gasteiger partial charge on any atom is 0.334 e. The summed E-state index contributed by atoms with van der Waals surface area (Å²) in [6.45, 7) is 2.64. The molecule has 108 valence electrons. The van der Waals surface area contributed by atoms with Crippen LogP contribution in [0, 0.1) is 0 Å². The first kappa shape index (κ1) is 11.6. The molecule has 1 unspecified atom stereocenters. The molecular formula is C16H15NO4. The van der Waals surface area contributed by atoms with Crippen molar-refractivity contribution in [2.75, 3.05) is 26.5 Å². The molecule has 0 fully saturated rings. The number of ether oxygens (including phenoxy) is 3. The van der Waals surface area contributed by atoms with Crippen molar-refractivity contribution < 1.29 is 19.0 Å². The van der Waals surface area contributed by atoms with Crippen LogP contribution in [0.3, 0.4) is 0 Å². The Hall–Kier alpha value is -2.01. The van der Waals surface area contributed by atoms with Crippen LogP contribution in [-0.4, -0.2) is 37.4 Å². The third-order valence-corrected chi connectivity index (χ3v) is 4.94. The van der Waals surface area contributed by atoms with E-state index in [9.17, 15) is 4.79 Å². The lowest BCUT2D eigenvalue weighted by Gasteiger charge is -2.40. The number of hydrogen-bond acceptors (Lipinski definition) is 5.